The molecule has 0 spiro atoms. The number of benzene rings is 2. The van der Waals surface area contributed by atoms with Crippen molar-refractivity contribution in [2.45, 2.75) is 6.42 Å². The van der Waals surface area contributed by atoms with E-state index in [0.717, 1.165) is 62.8 Å². The maximum Gasteiger partial charge on any atom is 0.186 e. The van der Waals surface area contributed by atoms with Crippen molar-refractivity contribution in [3.63, 3.8) is 0 Å². The summed E-state index contributed by atoms with van der Waals surface area (Å²) < 4.78 is 5.35. The van der Waals surface area contributed by atoms with Crippen LogP contribution in [0, 0.1) is 0 Å². The fraction of sp³-hybridized carbons (Fsp3) is 0.333. The van der Waals surface area contributed by atoms with Gasteiger partial charge < -0.3 is 15.4 Å². The van der Waals surface area contributed by atoms with Crippen molar-refractivity contribution in [2.75, 3.05) is 44.7 Å². The van der Waals surface area contributed by atoms with Gasteiger partial charge in [-0.05, 0) is 55.0 Å². The van der Waals surface area contributed by atoms with Crippen LogP contribution < -0.4 is 16.1 Å². The van der Waals surface area contributed by atoms with Gasteiger partial charge in [0.1, 0.15) is 0 Å². The molecule has 3 N–H and O–H groups in total. The van der Waals surface area contributed by atoms with Crippen LogP contribution in [0.25, 0.3) is 0 Å². The number of hydrogen-bond acceptors (Lipinski definition) is 5. The van der Waals surface area contributed by atoms with Crippen LogP contribution in [0.2, 0.25) is 0 Å². The highest BCUT2D eigenvalue weighted by Crippen LogP contribution is 2.15. The van der Waals surface area contributed by atoms with Crippen LogP contribution in [0.1, 0.15) is 12.0 Å². The zero-order valence-corrected chi connectivity index (χ0v) is 16.8. The number of hydrogen-bond donors (Lipinski definition) is 3. The second kappa shape index (κ2) is 11.4. The molecule has 0 amide bonds. The fourth-order valence-corrected chi connectivity index (χ4v) is 3.03. The molecule has 1 aliphatic rings. The number of thiocarbonyl (C=S) groups is 1. The minimum absolute atomic E-state index is 0.542. The van der Waals surface area contributed by atoms with Gasteiger partial charge in [-0.15, -0.1) is 0 Å². The molecule has 0 atom stereocenters. The third kappa shape index (κ3) is 7.26. The van der Waals surface area contributed by atoms with E-state index in [9.17, 15) is 0 Å². The van der Waals surface area contributed by atoms with Crippen LogP contribution in [0.15, 0.2) is 59.7 Å². The summed E-state index contributed by atoms with van der Waals surface area (Å²) in [4.78, 5) is 2.41. The summed E-state index contributed by atoms with van der Waals surface area (Å²) >= 11 is 5.25. The van der Waals surface area contributed by atoms with Crippen molar-refractivity contribution in [1.29, 1.82) is 0 Å². The van der Waals surface area contributed by atoms with E-state index in [1.54, 1.807) is 6.21 Å². The molecule has 0 unspecified atom stereocenters. The summed E-state index contributed by atoms with van der Waals surface area (Å²) in [6.45, 7) is 5.61. The van der Waals surface area contributed by atoms with Crippen LogP contribution >= 0.6 is 12.2 Å². The average molecular weight is 398 g/mol. The van der Waals surface area contributed by atoms with Crippen LogP contribution in [0.3, 0.4) is 0 Å². The van der Waals surface area contributed by atoms with Gasteiger partial charge in [-0.25, -0.2) is 0 Å². The highest BCUT2D eigenvalue weighted by atomic mass is 32.1. The normalized spacial score (nSPS) is 14.7. The second-order valence-electron chi connectivity index (χ2n) is 6.55. The molecule has 0 radical (unpaired) electrons. The van der Waals surface area contributed by atoms with E-state index in [2.05, 4.69) is 26.1 Å². The smallest absolute Gasteiger partial charge is 0.186 e. The van der Waals surface area contributed by atoms with Crippen molar-refractivity contribution in [3.8, 4) is 0 Å². The Bertz CT molecular complexity index is 745. The summed E-state index contributed by atoms with van der Waals surface area (Å²) in [5.74, 6) is 0. The number of nitrogens with one attached hydrogen (secondary N) is 3. The number of ether oxygens (including phenoxy) is 1. The molecule has 0 bridgehead atoms. The van der Waals surface area contributed by atoms with Gasteiger partial charge in [0.2, 0.25) is 0 Å². The summed E-state index contributed by atoms with van der Waals surface area (Å²) in [6, 6.07) is 18.2. The lowest BCUT2D eigenvalue weighted by molar-refractivity contribution is 0.0376. The lowest BCUT2D eigenvalue weighted by Crippen LogP contribution is -2.39. The first-order valence-corrected chi connectivity index (χ1v) is 9.99. The Balaban J connectivity index is 1.32. The molecule has 28 heavy (non-hydrogen) atoms. The second-order valence-corrected chi connectivity index (χ2v) is 6.95. The molecule has 1 heterocycles. The van der Waals surface area contributed by atoms with Gasteiger partial charge in [0.05, 0.1) is 19.4 Å². The number of rotatable bonds is 8. The van der Waals surface area contributed by atoms with Crippen LogP contribution in [-0.2, 0) is 4.74 Å². The molecule has 1 saturated heterocycles. The van der Waals surface area contributed by atoms with Crippen molar-refractivity contribution in [1.82, 2.24) is 15.6 Å². The number of nitrogens with zero attached hydrogens (tertiary/aromatic N) is 2. The molecule has 0 aromatic heterocycles. The lowest BCUT2D eigenvalue weighted by atomic mass is 10.2. The van der Waals surface area contributed by atoms with E-state index in [1.807, 2.05) is 54.6 Å². The third-order valence-corrected chi connectivity index (χ3v) is 4.63. The molecule has 0 aliphatic carbocycles. The Labute approximate surface area is 172 Å². The Hall–Kier alpha value is -2.48. The third-order valence-electron chi connectivity index (χ3n) is 4.39. The lowest BCUT2D eigenvalue weighted by Gasteiger charge is -2.26. The molecule has 2 aromatic carbocycles. The van der Waals surface area contributed by atoms with E-state index in [1.165, 1.54) is 0 Å². The van der Waals surface area contributed by atoms with Crippen molar-refractivity contribution in [3.05, 3.63) is 60.2 Å². The molecule has 3 rings (SSSR count). The van der Waals surface area contributed by atoms with E-state index in [-0.39, 0.29) is 0 Å². The molecular formula is C21H27N5OS. The average Bonchev–Trinajstić information content (AvgIpc) is 2.74. The van der Waals surface area contributed by atoms with Crippen molar-refractivity contribution >= 4 is 34.9 Å². The number of para-hydroxylation sites is 1. The van der Waals surface area contributed by atoms with Crippen LogP contribution in [-0.4, -0.2) is 55.6 Å². The predicted molar refractivity (Wildman–Crippen MR) is 119 cm³/mol. The minimum atomic E-state index is 0.542. The molecule has 148 valence electrons. The van der Waals surface area contributed by atoms with E-state index in [4.69, 9.17) is 17.0 Å². The van der Waals surface area contributed by atoms with Gasteiger partial charge in [0.25, 0.3) is 0 Å². The monoisotopic (exact) mass is 397 g/mol. The van der Waals surface area contributed by atoms with E-state index in [0.29, 0.717) is 5.11 Å². The van der Waals surface area contributed by atoms with Crippen LogP contribution in [0.5, 0.6) is 0 Å². The zero-order valence-electron chi connectivity index (χ0n) is 15.9. The summed E-state index contributed by atoms with van der Waals surface area (Å²) in [7, 11) is 0. The fourth-order valence-electron chi connectivity index (χ4n) is 2.87. The number of morpholine rings is 1. The summed E-state index contributed by atoms with van der Waals surface area (Å²) in [6.07, 6.45) is 2.80. The largest absolute Gasteiger partial charge is 0.379 e. The quantitative estimate of drug-likeness (QED) is 0.276. The molecule has 1 fully saturated rings. The first kappa shape index (κ1) is 20.3. The van der Waals surface area contributed by atoms with Gasteiger partial charge in [-0.2, -0.15) is 5.10 Å². The first-order chi connectivity index (χ1) is 13.8. The molecule has 1 aliphatic heterocycles. The molecular weight excluding hydrogens is 370 g/mol. The number of anilines is 2. The number of hydrazone groups is 1. The molecule has 6 nitrogen and oxygen atoms in total. The minimum Gasteiger partial charge on any atom is -0.379 e. The van der Waals surface area contributed by atoms with Gasteiger partial charge in [0.15, 0.2) is 5.11 Å². The maximum atomic E-state index is 5.35. The standard InChI is InChI=1S/C21H27N5OS/c28-21(22-11-4-12-26-13-15-27-16-14-26)25-23-17-18-7-9-20(10-8-18)24-19-5-2-1-3-6-19/h1-3,5-10,17,24H,4,11-16H2,(H2,22,25,28)/b23-17-. The maximum absolute atomic E-state index is 5.35. The predicted octanol–water partition coefficient (Wildman–Crippen LogP) is 2.95. The molecule has 2 aromatic rings. The summed E-state index contributed by atoms with van der Waals surface area (Å²) in [5.41, 5.74) is 5.97. The topological polar surface area (TPSA) is 60.9 Å². The Morgan fingerprint density at radius 3 is 2.50 bits per heavy atom. The Morgan fingerprint density at radius 2 is 1.75 bits per heavy atom. The molecule has 7 heteroatoms. The Kier molecular flexibility index (Phi) is 8.24. The highest BCUT2D eigenvalue weighted by Gasteiger charge is 2.08. The molecule has 0 saturated carbocycles. The van der Waals surface area contributed by atoms with Gasteiger partial charge in [-0.3, -0.25) is 10.3 Å². The summed E-state index contributed by atoms with van der Waals surface area (Å²) in [5, 5.41) is 11.3. The van der Waals surface area contributed by atoms with Crippen molar-refractivity contribution in [2.24, 2.45) is 5.10 Å². The Morgan fingerprint density at radius 1 is 1.04 bits per heavy atom. The van der Waals surface area contributed by atoms with Crippen molar-refractivity contribution < 1.29 is 4.74 Å². The highest BCUT2D eigenvalue weighted by molar-refractivity contribution is 7.80. The SMILES string of the molecule is S=C(NCCCN1CCOCC1)N/N=C\c1ccc(Nc2ccccc2)cc1. The van der Waals surface area contributed by atoms with Crippen LogP contribution in [0.4, 0.5) is 11.4 Å². The van der Waals surface area contributed by atoms with E-state index < -0.39 is 0 Å². The van der Waals surface area contributed by atoms with Gasteiger partial charge in [-0.1, -0.05) is 30.3 Å². The zero-order chi connectivity index (χ0) is 19.4. The van der Waals surface area contributed by atoms with Gasteiger partial charge >= 0.3 is 0 Å². The first-order valence-electron chi connectivity index (χ1n) is 9.59. The van der Waals surface area contributed by atoms with Gasteiger partial charge in [0, 0.05) is 31.0 Å². The van der Waals surface area contributed by atoms with E-state index >= 15 is 0 Å².